The van der Waals surface area contributed by atoms with Gasteiger partial charge in [-0.25, -0.2) is 9.78 Å². The van der Waals surface area contributed by atoms with Crippen LogP contribution in [-0.4, -0.2) is 24.0 Å². The molecular formula is C21H20N4O3. The summed E-state index contributed by atoms with van der Waals surface area (Å²) in [6, 6.07) is 19.0. The smallest absolute Gasteiger partial charge is 0.323 e. The molecule has 0 radical (unpaired) electrons. The number of pyridine rings is 1. The van der Waals surface area contributed by atoms with Crippen molar-refractivity contribution in [3.05, 3.63) is 84.1 Å². The summed E-state index contributed by atoms with van der Waals surface area (Å²) in [6.45, 7) is 0.356. The van der Waals surface area contributed by atoms with Crippen LogP contribution in [0.25, 0.3) is 0 Å². The van der Waals surface area contributed by atoms with Crippen LogP contribution in [0.3, 0.4) is 0 Å². The topological polar surface area (TPSA) is 92.4 Å². The molecule has 28 heavy (non-hydrogen) atoms. The number of methoxy groups -OCH3 is 1. The first-order valence-electron chi connectivity index (χ1n) is 8.64. The van der Waals surface area contributed by atoms with Crippen molar-refractivity contribution >= 4 is 23.3 Å². The number of hydrogen-bond acceptors (Lipinski definition) is 4. The van der Waals surface area contributed by atoms with Gasteiger partial charge < -0.3 is 20.7 Å². The molecule has 0 aliphatic rings. The maximum Gasteiger partial charge on any atom is 0.323 e. The van der Waals surface area contributed by atoms with Crippen molar-refractivity contribution in [2.45, 2.75) is 6.54 Å². The predicted octanol–water partition coefficient (Wildman–Crippen LogP) is 3.66. The van der Waals surface area contributed by atoms with Crippen molar-refractivity contribution in [3.8, 4) is 5.88 Å². The largest absolute Gasteiger partial charge is 0.481 e. The number of nitrogens with one attached hydrogen (secondary N) is 3. The molecular weight excluding hydrogens is 356 g/mol. The first kappa shape index (κ1) is 18.9. The van der Waals surface area contributed by atoms with Crippen LogP contribution in [0.5, 0.6) is 5.88 Å². The van der Waals surface area contributed by atoms with E-state index in [4.69, 9.17) is 4.74 Å². The van der Waals surface area contributed by atoms with Crippen LogP contribution in [0.2, 0.25) is 0 Å². The van der Waals surface area contributed by atoms with Crippen LogP contribution >= 0.6 is 0 Å². The minimum atomic E-state index is -0.351. The highest BCUT2D eigenvalue weighted by Crippen LogP contribution is 2.12. The van der Waals surface area contributed by atoms with E-state index in [0.29, 0.717) is 29.4 Å². The monoisotopic (exact) mass is 376 g/mol. The van der Waals surface area contributed by atoms with Crippen LogP contribution in [0.1, 0.15) is 15.9 Å². The fourth-order valence-electron chi connectivity index (χ4n) is 2.44. The second kappa shape index (κ2) is 9.18. The molecule has 3 amide bonds. The molecule has 0 aliphatic carbocycles. The zero-order valence-electron chi connectivity index (χ0n) is 15.3. The second-order valence-electron chi connectivity index (χ2n) is 5.91. The Bertz CT molecular complexity index is 926. The van der Waals surface area contributed by atoms with Crippen LogP contribution < -0.4 is 20.7 Å². The van der Waals surface area contributed by atoms with Gasteiger partial charge in [-0.3, -0.25) is 4.79 Å². The average Bonchev–Trinajstić information content (AvgIpc) is 2.73. The highest BCUT2D eigenvalue weighted by Gasteiger charge is 2.07. The summed E-state index contributed by atoms with van der Waals surface area (Å²) in [7, 11) is 1.55. The molecule has 0 aliphatic heterocycles. The fourth-order valence-corrected chi connectivity index (χ4v) is 2.44. The number of anilines is 2. The molecule has 0 saturated heterocycles. The second-order valence-corrected chi connectivity index (χ2v) is 5.91. The number of rotatable bonds is 6. The van der Waals surface area contributed by atoms with Crippen LogP contribution in [0, 0.1) is 0 Å². The van der Waals surface area contributed by atoms with Crippen LogP contribution in [0.15, 0.2) is 72.9 Å². The molecule has 1 aromatic heterocycles. The number of carbonyl (C=O) groups excluding carboxylic acids is 2. The average molecular weight is 376 g/mol. The molecule has 0 atom stereocenters. The van der Waals surface area contributed by atoms with Gasteiger partial charge in [0.1, 0.15) is 0 Å². The Kier molecular flexibility index (Phi) is 6.20. The van der Waals surface area contributed by atoms with E-state index in [9.17, 15) is 9.59 Å². The van der Waals surface area contributed by atoms with Crippen molar-refractivity contribution in [3.63, 3.8) is 0 Å². The third kappa shape index (κ3) is 5.31. The van der Waals surface area contributed by atoms with E-state index in [1.165, 1.54) is 0 Å². The Morgan fingerprint density at radius 3 is 2.18 bits per heavy atom. The molecule has 0 fully saturated rings. The zero-order valence-corrected chi connectivity index (χ0v) is 15.3. The molecule has 142 valence electrons. The molecule has 0 saturated carbocycles. The maximum atomic E-state index is 12.3. The summed E-state index contributed by atoms with van der Waals surface area (Å²) >= 11 is 0. The zero-order chi connectivity index (χ0) is 19.8. The van der Waals surface area contributed by atoms with Gasteiger partial charge in [-0.1, -0.05) is 24.3 Å². The number of urea groups is 1. The summed E-state index contributed by atoms with van der Waals surface area (Å²) in [5, 5.41) is 8.28. The summed E-state index contributed by atoms with van der Waals surface area (Å²) < 4.78 is 5.00. The number of nitrogens with zero attached hydrogens (tertiary/aromatic N) is 1. The molecule has 7 heteroatoms. The summed E-state index contributed by atoms with van der Waals surface area (Å²) in [5.74, 6) is 0.311. The quantitative estimate of drug-likeness (QED) is 0.612. The van der Waals surface area contributed by atoms with Crippen LogP contribution in [-0.2, 0) is 6.54 Å². The number of amides is 3. The highest BCUT2D eigenvalue weighted by molar-refractivity contribution is 6.00. The van der Waals surface area contributed by atoms with E-state index in [1.54, 1.807) is 55.8 Å². The lowest BCUT2D eigenvalue weighted by Gasteiger charge is -2.09. The van der Waals surface area contributed by atoms with Gasteiger partial charge in [0, 0.05) is 35.7 Å². The van der Waals surface area contributed by atoms with Crippen molar-refractivity contribution in [2.75, 3.05) is 17.7 Å². The summed E-state index contributed by atoms with van der Waals surface area (Å²) in [5.41, 5.74) is 2.65. The number of hydrogen-bond donors (Lipinski definition) is 3. The Balaban J connectivity index is 1.51. The molecule has 1 heterocycles. The van der Waals surface area contributed by atoms with Gasteiger partial charge in [-0.05, 0) is 42.0 Å². The van der Waals surface area contributed by atoms with E-state index in [-0.39, 0.29) is 11.9 Å². The van der Waals surface area contributed by atoms with Gasteiger partial charge in [0.15, 0.2) is 0 Å². The van der Waals surface area contributed by atoms with E-state index in [0.717, 1.165) is 5.56 Å². The maximum absolute atomic E-state index is 12.3. The number of para-hydroxylation sites is 1. The van der Waals surface area contributed by atoms with E-state index < -0.39 is 0 Å². The van der Waals surface area contributed by atoms with Crippen molar-refractivity contribution in [1.82, 2.24) is 10.3 Å². The van der Waals surface area contributed by atoms with Gasteiger partial charge in [-0.2, -0.15) is 0 Å². The van der Waals surface area contributed by atoms with E-state index in [1.807, 2.05) is 24.3 Å². The highest BCUT2D eigenvalue weighted by atomic mass is 16.5. The molecule has 0 unspecified atom stereocenters. The van der Waals surface area contributed by atoms with Gasteiger partial charge in [0.2, 0.25) is 5.88 Å². The Morgan fingerprint density at radius 1 is 0.893 bits per heavy atom. The molecule has 3 N–H and O–H groups in total. The minimum Gasteiger partial charge on any atom is -0.481 e. The number of benzene rings is 2. The SMILES string of the molecule is COc1ccc(CNC(=O)c2ccc(NC(=O)Nc3ccccc3)cc2)cn1. The summed E-state index contributed by atoms with van der Waals surface area (Å²) in [6.07, 6.45) is 1.65. The normalized spacial score (nSPS) is 10.0. The Hall–Kier alpha value is -3.87. The van der Waals surface area contributed by atoms with Crippen molar-refractivity contribution < 1.29 is 14.3 Å². The van der Waals surface area contributed by atoms with E-state index >= 15 is 0 Å². The lowest BCUT2D eigenvalue weighted by Crippen LogP contribution is -2.23. The van der Waals surface area contributed by atoms with Gasteiger partial charge in [0.25, 0.3) is 5.91 Å². The van der Waals surface area contributed by atoms with Gasteiger partial charge in [0.05, 0.1) is 7.11 Å². The number of ether oxygens (including phenoxy) is 1. The third-order valence-electron chi connectivity index (χ3n) is 3.90. The first-order valence-corrected chi connectivity index (χ1v) is 8.64. The Labute approximate surface area is 162 Å². The number of aromatic nitrogens is 1. The molecule has 3 rings (SSSR count). The number of carbonyl (C=O) groups is 2. The van der Waals surface area contributed by atoms with Crippen molar-refractivity contribution in [2.24, 2.45) is 0 Å². The first-order chi connectivity index (χ1) is 13.6. The Morgan fingerprint density at radius 2 is 1.57 bits per heavy atom. The standard InChI is InChI=1S/C21H20N4O3/c1-28-19-12-7-15(13-22-19)14-23-20(26)16-8-10-18(11-9-16)25-21(27)24-17-5-3-2-4-6-17/h2-13H,14H2,1H3,(H,23,26)(H2,24,25,27). The summed E-state index contributed by atoms with van der Waals surface area (Å²) in [4.78, 5) is 28.3. The molecule has 0 spiro atoms. The van der Waals surface area contributed by atoms with Gasteiger partial charge >= 0.3 is 6.03 Å². The lowest BCUT2D eigenvalue weighted by atomic mass is 10.2. The predicted molar refractivity (Wildman–Crippen MR) is 107 cm³/mol. The molecule has 7 nitrogen and oxygen atoms in total. The van der Waals surface area contributed by atoms with E-state index in [2.05, 4.69) is 20.9 Å². The van der Waals surface area contributed by atoms with Crippen LogP contribution in [0.4, 0.5) is 16.2 Å². The molecule has 0 bridgehead atoms. The fraction of sp³-hybridized carbons (Fsp3) is 0.0952. The lowest BCUT2D eigenvalue weighted by molar-refractivity contribution is 0.0951. The molecule has 3 aromatic rings. The third-order valence-corrected chi connectivity index (χ3v) is 3.90. The van der Waals surface area contributed by atoms with Gasteiger partial charge in [-0.15, -0.1) is 0 Å². The minimum absolute atomic E-state index is 0.212. The van der Waals surface area contributed by atoms with Crippen molar-refractivity contribution in [1.29, 1.82) is 0 Å². The molecule has 2 aromatic carbocycles.